The molecule has 0 unspecified atom stereocenters. The van der Waals surface area contributed by atoms with Gasteiger partial charge in [-0.3, -0.25) is 9.59 Å². The molecule has 0 saturated carbocycles. The molecule has 0 aliphatic carbocycles. The Labute approximate surface area is 263 Å². The van der Waals surface area contributed by atoms with Crippen LogP contribution >= 0.6 is 0 Å². The molecule has 1 saturated heterocycles. The summed E-state index contributed by atoms with van der Waals surface area (Å²) in [5.41, 5.74) is -3.08. The Morgan fingerprint density at radius 1 is 0.851 bits per heavy atom. The SMILES string of the molecule is COc1cc2cc(Oc3ccc4ccc(=O)oc4c3)c(=O)oc2cc1O[C@H]1O[C@@H](COC(=O)C[C@@](C)(O)CC(=O)O)[C@H](O)[C@@H](O)[C@@H]1O. The van der Waals surface area contributed by atoms with E-state index in [9.17, 15) is 39.6 Å². The molecule has 250 valence electrons. The fraction of sp³-hybridized carbons (Fsp3) is 0.355. The topological polar surface area (TPSA) is 242 Å². The molecule has 2 aromatic heterocycles. The number of esters is 1. The Bertz CT molecular complexity index is 1910. The Hall–Kier alpha value is -5.00. The molecule has 5 rings (SSSR count). The third-order valence-corrected chi connectivity index (χ3v) is 7.19. The van der Waals surface area contributed by atoms with E-state index in [1.807, 2.05) is 0 Å². The zero-order chi connectivity index (χ0) is 34.0. The molecule has 1 aliphatic rings. The van der Waals surface area contributed by atoms with E-state index in [-0.39, 0.29) is 34.2 Å². The maximum Gasteiger partial charge on any atom is 0.379 e. The highest BCUT2D eigenvalue weighted by molar-refractivity contribution is 5.82. The van der Waals surface area contributed by atoms with Gasteiger partial charge in [0, 0.05) is 29.0 Å². The van der Waals surface area contributed by atoms with Gasteiger partial charge in [0.2, 0.25) is 12.0 Å². The van der Waals surface area contributed by atoms with Gasteiger partial charge in [-0.25, -0.2) is 9.59 Å². The lowest BCUT2D eigenvalue weighted by molar-refractivity contribution is -0.278. The summed E-state index contributed by atoms with van der Waals surface area (Å²) in [6.45, 7) is 0.487. The number of rotatable bonds is 11. The minimum absolute atomic E-state index is 0.00688. The van der Waals surface area contributed by atoms with Crippen LogP contribution in [-0.2, 0) is 19.1 Å². The average Bonchev–Trinajstić information content (AvgIpc) is 2.99. The van der Waals surface area contributed by atoms with E-state index in [1.54, 1.807) is 18.2 Å². The molecule has 0 amide bonds. The zero-order valence-electron chi connectivity index (χ0n) is 24.9. The molecule has 3 heterocycles. The number of aliphatic carboxylic acids is 1. The lowest BCUT2D eigenvalue weighted by atomic mass is 9.98. The summed E-state index contributed by atoms with van der Waals surface area (Å²) in [7, 11) is 1.31. The maximum absolute atomic E-state index is 12.8. The number of hydrogen-bond donors (Lipinski definition) is 5. The monoisotopic (exact) mass is 658 g/mol. The normalized spacial score (nSPS) is 22.4. The van der Waals surface area contributed by atoms with E-state index in [0.29, 0.717) is 10.8 Å². The molecule has 47 heavy (non-hydrogen) atoms. The summed E-state index contributed by atoms with van der Waals surface area (Å²) in [6.07, 6.45) is -9.83. The highest BCUT2D eigenvalue weighted by Gasteiger charge is 2.46. The van der Waals surface area contributed by atoms with Gasteiger partial charge in [-0.15, -0.1) is 0 Å². The van der Waals surface area contributed by atoms with Crippen LogP contribution in [0.4, 0.5) is 0 Å². The number of methoxy groups -OCH3 is 1. The van der Waals surface area contributed by atoms with Crippen LogP contribution in [0.2, 0.25) is 0 Å². The minimum atomic E-state index is -1.90. The standard InChI is InChI=1S/C31H30O16/c1-31(40,11-23(32)33)12-25(35)42-13-22-26(36)27(37)28(38)30(47-22)46-20-10-18-15(7-19(20)41-2)8-21(29(39)45-18)43-16-5-3-14-4-6-24(34)44-17(14)9-16/h3-10,22,26-28,30,36-38,40H,11-13H2,1-2H3,(H,32,33)/t22-,26-,27+,28-,30-,31-/m0/s1. The van der Waals surface area contributed by atoms with Gasteiger partial charge in [-0.1, -0.05) is 0 Å². The Balaban J connectivity index is 1.33. The molecule has 0 radical (unpaired) electrons. The molecular weight excluding hydrogens is 628 g/mol. The largest absolute Gasteiger partial charge is 0.493 e. The van der Waals surface area contributed by atoms with Gasteiger partial charge >= 0.3 is 23.2 Å². The second-order valence-electron chi connectivity index (χ2n) is 11.1. The fourth-order valence-electron chi connectivity index (χ4n) is 4.86. The lowest BCUT2D eigenvalue weighted by Crippen LogP contribution is -2.60. The molecule has 0 bridgehead atoms. The third kappa shape index (κ3) is 7.70. The van der Waals surface area contributed by atoms with Crippen molar-refractivity contribution in [3.8, 4) is 23.0 Å². The predicted molar refractivity (Wildman–Crippen MR) is 157 cm³/mol. The second kappa shape index (κ2) is 13.4. The summed E-state index contributed by atoms with van der Waals surface area (Å²) in [5, 5.41) is 51.3. The van der Waals surface area contributed by atoms with E-state index in [2.05, 4.69) is 0 Å². The molecule has 1 aliphatic heterocycles. The first kappa shape index (κ1) is 33.4. The van der Waals surface area contributed by atoms with Gasteiger partial charge in [-0.2, -0.15) is 0 Å². The van der Waals surface area contributed by atoms with Crippen LogP contribution in [0.15, 0.2) is 67.0 Å². The minimum Gasteiger partial charge on any atom is -0.493 e. The number of ether oxygens (including phenoxy) is 5. The molecule has 4 aromatic rings. The summed E-state index contributed by atoms with van der Waals surface area (Å²) in [4.78, 5) is 47.5. The quantitative estimate of drug-likeness (QED) is 0.112. The first-order valence-electron chi connectivity index (χ1n) is 14.1. The number of carboxylic acids is 1. The smallest absolute Gasteiger partial charge is 0.379 e. The molecule has 2 aromatic carbocycles. The van der Waals surface area contributed by atoms with Crippen molar-refractivity contribution in [2.75, 3.05) is 13.7 Å². The second-order valence-corrected chi connectivity index (χ2v) is 11.1. The van der Waals surface area contributed by atoms with Crippen molar-refractivity contribution in [3.05, 3.63) is 69.4 Å². The molecule has 16 nitrogen and oxygen atoms in total. The Morgan fingerprint density at radius 3 is 2.28 bits per heavy atom. The van der Waals surface area contributed by atoms with Gasteiger partial charge < -0.3 is 58.1 Å². The van der Waals surface area contributed by atoms with Crippen LogP contribution < -0.4 is 25.5 Å². The fourth-order valence-corrected chi connectivity index (χ4v) is 4.86. The summed E-state index contributed by atoms with van der Waals surface area (Å²) < 4.78 is 38.0. The molecule has 0 spiro atoms. The lowest BCUT2D eigenvalue weighted by Gasteiger charge is -2.40. The predicted octanol–water partition coefficient (Wildman–Crippen LogP) is 1.05. The Kier molecular flexibility index (Phi) is 9.50. The van der Waals surface area contributed by atoms with E-state index in [1.165, 1.54) is 37.4 Å². The van der Waals surface area contributed by atoms with Gasteiger partial charge in [0.25, 0.3) is 0 Å². The molecular formula is C31H30O16. The number of carboxylic acid groups (broad SMARTS) is 1. The number of carbonyl (C=O) groups is 2. The highest BCUT2D eigenvalue weighted by atomic mass is 16.7. The number of fused-ring (bicyclic) bond motifs is 2. The van der Waals surface area contributed by atoms with Gasteiger partial charge in [0.15, 0.2) is 11.5 Å². The van der Waals surface area contributed by atoms with Crippen LogP contribution in [0.3, 0.4) is 0 Å². The van der Waals surface area contributed by atoms with Crippen molar-refractivity contribution in [3.63, 3.8) is 0 Å². The van der Waals surface area contributed by atoms with Crippen molar-refractivity contribution >= 4 is 33.9 Å². The third-order valence-electron chi connectivity index (χ3n) is 7.19. The van der Waals surface area contributed by atoms with Crippen LogP contribution in [0.25, 0.3) is 21.9 Å². The van der Waals surface area contributed by atoms with Gasteiger partial charge in [0.1, 0.15) is 47.9 Å². The van der Waals surface area contributed by atoms with Crippen molar-refractivity contribution < 1.29 is 67.6 Å². The van der Waals surface area contributed by atoms with E-state index < -0.39 is 78.9 Å². The molecule has 16 heteroatoms. The van der Waals surface area contributed by atoms with Crippen molar-refractivity contribution in [2.45, 2.75) is 56.1 Å². The summed E-state index contributed by atoms with van der Waals surface area (Å²) in [5.74, 6) is -2.37. The zero-order valence-corrected chi connectivity index (χ0v) is 24.9. The summed E-state index contributed by atoms with van der Waals surface area (Å²) >= 11 is 0. The van der Waals surface area contributed by atoms with Crippen LogP contribution in [0, 0.1) is 0 Å². The number of benzene rings is 2. The number of hydrogen-bond acceptors (Lipinski definition) is 15. The first-order valence-corrected chi connectivity index (χ1v) is 14.1. The molecule has 5 N–H and O–H groups in total. The van der Waals surface area contributed by atoms with Crippen molar-refractivity contribution in [1.29, 1.82) is 0 Å². The summed E-state index contributed by atoms with van der Waals surface area (Å²) in [6, 6.07) is 11.6. The average molecular weight is 659 g/mol. The molecule has 1 fully saturated rings. The van der Waals surface area contributed by atoms with Crippen molar-refractivity contribution in [2.24, 2.45) is 0 Å². The maximum atomic E-state index is 12.8. The highest BCUT2D eigenvalue weighted by Crippen LogP contribution is 2.36. The van der Waals surface area contributed by atoms with E-state index in [0.717, 1.165) is 6.92 Å². The van der Waals surface area contributed by atoms with Gasteiger partial charge in [-0.05, 0) is 37.3 Å². The number of carbonyl (C=O) groups excluding carboxylic acids is 1. The van der Waals surface area contributed by atoms with E-state index >= 15 is 0 Å². The Morgan fingerprint density at radius 2 is 1.55 bits per heavy atom. The molecule has 6 atom stereocenters. The van der Waals surface area contributed by atoms with Crippen molar-refractivity contribution in [1.82, 2.24) is 0 Å². The van der Waals surface area contributed by atoms with Gasteiger partial charge in [0.05, 0.1) is 25.6 Å². The first-order chi connectivity index (χ1) is 22.2. The van der Waals surface area contributed by atoms with Crippen LogP contribution in [0.1, 0.15) is 19.8 Å². The number of aliphatic hydroxyl groups is 4. The number of aliphatic hydroxyl groups excluding tert-OH is 3. The van der Waals surface area contributed by atoms with Crippen LogP contribution in [0.5, 0.6) is 23.0 Å². The van der Waals surface area contributed by atoms with Crippen LogP contribution in [-0.4, -0.2) is 87.5 Å². The van der Waals surface area contributed by atoms with E-state index in [4.69, 9.17) is 37.6 Å².